The molecule has 4 N–H and O–H groups in total. The molecular weight excluding hydrogens is 351 g/mol. The number of aromatic nitrogens is 4. The first-order valence-electron chi connectivity index (χ1n) is 7.60. The molecule has 0 fully saturated rings. The quantitative estimate of drug-likeness (QED) is 0.651. The molecule has 26 heavy (non-hydrogen) atoms. The number of H-pyrrole nitrogens is 1. The molecule has 3 aromatic rings. The zero-order chi connectivity index (χ0) is 18.9. The van der Waals surface area contributed by atoms with E-state index in [1.165, 1.54) is 18.3 Å². The van der Waals surface area contributed by atoms with Gasteiger partial charge in [0.1, 0.15) is 0 Å². The Labute approximate surface area is 144 Å². The summed E-state index contributed by atoms with van der Waals surface area (Å²) < 4.78 is 37.6. The predicted molar refractivity (Wildman–Crippen MR) is 87.1 cm³/mol. The van der Waals surface area contributed by atoms with E-state index < -0.39 is 23.4 Å². The van der Waals surface area contributed by atoms with Crippen LogP contribution in [0.3, 0.4) is 0 Å². The summed E-state index contributed by atoms with van der Waals surface area (Å²) in [7, 11) is 0. The third-order valence-electron chi connectivity index (χ3n) is 3.78. The monoisotopic (exact) mass is 365 g/mol. The molecule has 10 heteroatoms. The molecule has 0 bridgehead atoms. The number of fused-ring (bicyclic) bond motifs is 1. The number of alkyl halides is 3. The number of nitrogens with one attached hydrogen (secondary N) is 1. The van der Waals surface area contributed by atoms with Crippen LogP contribution in [0, 0.1) is 0 Å². The van der Waals surface area contributed by atoms with E-state index in [1.807, 2.05) is 0 Å². The minimum absolute atomic E-state index is 0.0507. The van der Waals surface area contributed by atoms with E-state index in [0.29, 0.717) is 12.0 Å². The second kappa shape index (κ2) is 6.71. The number of nitrogen functional groups attached to an aromatic ring is 1. The van der Waals surface area contributed by atoms with Crippen LogP contribution in [0.25, 0.3) is 11.2 Å². The molecule has 0 saturated heterocycles. The van der Waals surface area contributed by atoms with Gasteiger partial charge in [0.15, 0.2) is 11.2 Å². The van der Waals surface area contributed by atoms with Crippen LogP contribution in [0.4, 0.5) is 19.1 Å². The minimum atomic E-state index is -4.39. The van der Waals surface area contributed by atoms with Gasteiger partial charge in [0.2, 0.25) is 5.95 Å². The Bertz CT molecular complexity index is 986. The molecule has 0 unspecified atom stereocenters. The molecule has 0 spiro atoms. The average Bonchev–Trinajstić information content (AvgIpc) is 2.59. The normalized spacial score (nSPS) is 13.1. The molecule has 3 rings (SSSR count). The molecular formula is C16H14F3N5O2. The Morgan fingerprint density at radius 2 is 1.88 bits per heavy atom. The van der Waals surface area contributed by atoms with Crippen LogP contribution in [0.1, 0.15) is 29.3 Å². The molecule has 7 nitrogen and oxygen atoms in total. The molecule has 1 atom stereocenters. The van der Waals surface area contributed by atoms with Gasteiger partial charge in [-0.3, -0.25) is 9.78 Å². The number of aliphatic hydroxyl groups excluding tert-OH is 1. The topological polar surface area (TPSA) is 118 Å². The van der Waals surface area contributed by atoms with Crippen molar-refractivity contribution in [2.75, 3.05) is 5.73 Å². The zero-order valence-corrected chi connectivity index (χ0v) is 13.3. The Morgan fingerprint density at radius 1 is 1.19 bits per heavy atom. The lowest BCUT2D eigenvalue weighted by Gasteiger charge is -2.11. The van der Waals surface area contributed by atoms with Gasteiger partial charge in [0, 0.05) is 0 Å². The summed E-state index contributed by atoms with van der Waals surface area (Å²) >= 11 is 0. The smallest absolute Gasteiger partial charge is 0.387 e. The summed E-state index contributed by atoms with van der Waals surface area (Å²) in [6, 6.07) is 4.71. The van der Waals surface area contributed by atoms with Gasteiger partial charge >= 0.3 is 6.18 Å². The second-order valence-electron chi connectivity index (χ2n) is 5.67. The molecule has 0 aliphatic heterocycles. The van der Waals surface area contributed by atoms with Crippen LogP contribution < -0.4 is 11.3 Å². The van der Waals surface area contributed by atoms with E-state index in [2.05, 4.69) is 19.9 Å². The van der Waals surface area contributed by atoms with Gasteiger partial charge in [-0.15, -0.1) is 0 Å². The summed E-state index contributed by atoms with van der Waals surface area (Å²) in [6.45, 7) is 0. The maximum Gasteiger partial charge on any atom is 0.416 e. The van der Waals surface area contributed by atoms with Crippen LogP contribution in [0.2, 0.25) is 0 Å². The molecule has 0 aliphatic rings. The van der Waals surface area contributed by atoms with Gasteiger partial charge in [0.25, 0.3) is 5.56 Å². The second-order valence-corrected chi connectivity index (χ2v) is 5.67. The van der Waals surface area contributed by atoms with Gasteiger partial charge in [-0.25, -0.2) is 9.97 Å². The lowest BCUT2D eigenvalue weighted by molar-refractivity contribution is -0.137. The Morgan fingerprint density at radius 3 is 2.54 bits per heavy atom. The van der Waals surface area contributed by atoms with Crippen molar-refractivity contribution >= 4 is 17.1 Å². The highest BCUT2D eigenvalue weighted by Gasteiger charge is 2.29. The summed E-state index contributed by atoms with van der Waals surface area (Å²) in [6.07, 6.45) is -3.61. The summed E-state index contributed by atoms with van der Waals surface area (Å²) in [5.74, 6) is -0.0904. The lowest BCUT2D eigenvalue weighted by Crippen LogP contribution is -2.15. The molecule has 2 heterocycles. The highest BCUT2D eigenvalue weighted by molar-refractivity contribution is 5.69. The largest absolute Gasteiger partial charge is 0.416 e. The number of nitrogens with two attached hydrogens (primary N) is 1. The van der Waals surface area contributed by atoms with Gasteiger partial charge in [-0.2, -0.15) is 18.2 Å². The molecule has 1 aromatic carbocycles. The van der Waals surface area contributed by atoms with Gasteiger partial charge in [0.05, 0.1) is 23.6 Å². The third kappa shape index (κ3) is 3.80. The minimum Gasteiger partial charge on any atom is -0.387 e. The summed E-state index contributed by atoms with van der Waals surface area (Å²) in [4.78, 5) is 25.9. The fourth-order valence-corrected chi connectivity index (χ4v) is 2.42. The first-order chi connectivity index (χ1) is 12.2. The predicted octanol–water partition coefficient (Wildman–Crippen LogP) is 1.98. The number of halogens is 3. The molecule has 0 saturated carbocycles. The van der Waals surface area contributed by atoms with E-state index >= 15 is 0 Å². The molecule has 2 aromatic heterocycles. The Hall–Kier alpha value is -3.01. The number of hydrogen-bond acceptors (Lipinski definition) is 6. The van der Waals surface area contributed by atoms with Crippen molar-refractivity contribution in [3.63, 3.8) is 0 Å². The van der Waals surface area contributed by atoms with E-state index in [0.717, 1.165) is 12.1 Å². The number of benzene rings is 1. The first kappa shape index (κ1) is 17.8. The molecule has 0 amide bonds. The van der Waals surface area contributed by atoms with Gasteiger partial charge in [-0.1, -0.05) is 12.1 Å². The third-order valence-corrected chi connectivity index (χ3v) is 3.78. The van der Waals surface area contributed by atoms with E-state index in [-0.39, 0.29) is 29.2 Å². The number of hydrogen-bond donors (Lipinski definition) is 3. The molecule has 136 valence electrons. The van der Waals surface area contributed by atoms with Gasteiger partial charge < -0.3 is 10.8 Å². The van der Waals surface area contributed by atoms with Crippen molar-refractivity contribution in [2.24, 2.45) is 0 Å². The number of nitrogens with zero attached hydrogens (tertiary/aromatic N) is 3. The number of aromatic amines is 1. The fraction of sp³-hybridized carbons (Fsp3) is 0.250. The zero-order valence-electron chi connectivity index (χ0n) is 13.3. The van der Waals surface area contributed by atoms with Crippen LogP contribution in [0.15, 0.2) is 35.3 Å². The highest BCUT2D eigenvalue weighted by atomic mass is 19.4. The average molecular weight is 365 g/mol. The van der Waals surface area contributed by atoms with Crippen molar-refractivity contribution in [1.82, 2.24) is 19.9 Å². The number of anilines is 1. The van der Waals surface area contributed by atoms with Crippen molar-refractivity contribution in [3.8, 4) is 0 Å². The van der Waals surface area contributed by atoms with Gasteiger partial charge in [-0.05, 0) is 30.5 Å². The van der Waals surface area contributed by atoms with Crippen LogP contribution >= 0.6 is 0 Å². The molecule has 0 radical (unpaired) electrons. The Balaban J connectivity index is 1.73. The standard InChI is InChI=1S/C16H14F3N5O2/c17-16(18,19)9-4-1-8(2-5-9)3-6-11(25)10-7-21-13-12(22-10)14(26)24-15(20)23-13/h1-2,4-5,7,11,25H,3,6H2,(H3,20,21,23,24,26)/t11-/m1/s1. The van der Waals surface area contributed by atoms with Crippen LogP contribution in [-0.2, 0) is 12.6 Å². The first-order valence-corrected chi connectivity index (χ1v) is 7.60. The number of rotatable bonds is 4. The SMILES string of the molecule is Nc1nc2ncc([C@H](O)CCc3ccc(C(F)(F)F)cc3)nc2c(=O)[nH]1. The lowest BCUT2D eigenvalue weighted by atomic mass is 10.0. The number of aryl methyl sites for hydroxylation is 1. The maximum atomic E-state index is 12.5. The number of aliphatic hydroxyl groups is 1. The fourth-order valence-electron chi connectivity index (χ4n) is 2.42. The maximum absolute atomic E-state index is 12.5. The van der Waals surface area contributed by atoms with E-state index in [4.69, 9.17) is 5.73 Å². The highest BCUT2D eigenvalue weighted by Crippen LogP contribution is 2.29. The van der Waals surface area contributed by atoms with E-state index in [1.54, 1.807) is 0 Å². The summed E-state index contributed by atoms with van der Waals surface area (Å²) in [5.41, 5.74) is 4.93. The van der Waals surface area contributed by atoms with Crippen molar-refractivity contribution in [2.45, 2.75) is 25.1 Å². The van der Waals surface area contributed by atoms with Crippen LogP contribution in [0.5, 0.6) is 0 Å². The Kier molecular flexibility index (Phi) is 4.60. The molecule has 0 aliphatic carbocycles. The van der Waals surface area contributed by atoms with Crippen molar-refractivity contribution < 1.29 is 18.3 Å². The van der Waals surface area contributed by atoms with Crippen molar-refractivity contribution in [1.29, 1.82) is 0 Å². The van der Waals surface area contributed by atoms with E-state index in [9.17, 15) is 23.1 Å². The summed E-state index contributed by atoms with van der Waals surface area (Å²) in [5, 5.41) is 10.2. The van der Waals surface area contributed by atoms with Crippen LogP contribution in [-0.4, -0.2) is 25.0 Å². The van der Waals surface area contributed by atoms with Crippen molar-refractivity contribution in [3.05, 3.63) is 57.6 Å².